The Morgan fingerprint density at radius 1 is 1.44 bits per heavy atom. The van der Waals surface area contributed by atoms with Gasteiger partial charge in [0, 0.05) is 36.1 Å². The summed E-state index contributed by atoms with van der Waals surface area (Å²) in [7, 11) is -1.54. The Morgan fingerprint density at radius 2 is 2.17 bits per heavy atom. The van der Waals surface area contributed by atoms with Crippen LogP contribution in [0.2, 0.25) is 0 Å². The summed E-state index contributed by atoms with van der Waals surface area (Å²) in [6.45, 7) is 1.95. The van der Waals surface area contributed by atoms with Gasteiger partial charge in [0.15, 0.2) is 0 Å². The number of rotatable bonds is 5. The van der Waals surface area contributed by atoms with Crippen LogP contribution in [0.4, 0.5) is 0 Å². The molecule has 18 heavy (non-hydrogen) atoms. The first-order chi connectivity index (χ1) is 8.62. The zero-order chi connectivity index (χ0) is 13.0. The van der Waals surface area contributed by atoms with E-state index in [2.05, 4.69) is 10.0 Å². The second kappa shape index (κ2) is 6.12. The molecule has 102 valence electrons. The summed E-state index contributed by atoms with van der Waals surface area (Å²) in [4.78, 5) is 1.38. The molecule has 0 aliphatic carbocycles. The number of sulfonamides is 1. The van der Waals surface area contributed by atoms with Crippen molar-refractivity contribution in [2.24, 2.45) is 0 Å². The molecule has 7 heteroatoms. The SMILES string of the molecule is CNCc1cc(S(=O)(=O)NC2CCOCC2)cs1. The highest BCUT2D eigenvalue weighted by Crippen LogP contribution is 2.20. The van der Waals surface area contributed by atoms with E-state index in [1.54, 1.807) is 11.4 Å². The summed E-state index contributed by atoms with van der Waals surface area (Å²) in [5, 5.41) is 4.70. The van der Waals surface area contributed by atoms with E-state index in [1.165, 1.54) is 11.3 Å². The highest BCUT2D eigenvalue weighted by atomic mass is 32.2. The van der Waals surface area contributed by atoms with E-state index in [-0.39, 0.29) is 6.04 Å². The van der Waals surface area contributed by atoms with E-state index < -0.39 is 10.0 Å². The number of thiophene rings is 1. The lowest BCUT2D eigenvalue weighted by molar-refractivity contribution is 0.0832. The zero-order valence-electron chi connectivity index (χ0n) is 10.3. The topological polar surface area (TPSA) is 67.4 Å². The number of hydrogen-bond donors (Lipinski definition) is 2. The average Bonchev–Trinajstić information content (AvgIpc) is 2.80. The highest BCUT2D eigenvalue weighted by Gasteiger charge is 2.22. The fraction of sp³-hybridized carbons (Fsp3) is 0.636. The third kappa shape index (κ3) is 3.52. The molecule has 1 aliphatic rings. The Bertz CT molecular complexity index is 478. The van der Waals surface area contributed by atoms with Crippen molar-refractivity contribution in [1.82, 2.24) is 10.0 Å². The summed E-state index contributed by atoms with van der Waals surface area (Å²) in [6, 6.07) is 1.72. The lowest BCUT2D eigenvalue weighted by atomic mass is 10.1. The van der Waals surface area contributed by atoms with Gasteiger partial charge in [-0.1, -0.05) is 0 Å². The molecular formula is C11H18N2O3S2. The van der Waals surface area contributed by atoms with Gasteiger partial charge in [-0.3, -0.25) is 0 Å². The van der Waals surface area contributed by atoms with Crippen LogP contribution < -0.4 is 10.0 Å². The largest absolute Gasteiger partial charge is 0.381 e. The predicted molar refractivity (Wildman–Crippen MR) is 71.2 cm³/mol. The molecule has 2 heterocycles. The van der Waals surface area contributed by atoms with Crippen LogP contribution >= 0.6 is 11.3 Å². The molecular weight excluding hydrogens is 272 g/mol. The fourth-order valence-corrected chi connectivity index (χ4v) is 4.46. The molecule has 0 radical (unpaired) electrons. The zero-order valence-corrected chi connectivity index (χ0v) is 11.9. The van der Waals surface area contributed by atoms with Gasteiger partial charge in [-0.05, 0) is 26.0 Å². The molecule has 1 aromatic heterocycles. The van der Waals surface area contributed by atoms with E-state index in [0.29, 0.717) is 24.7 Å². The number of ether oxygens (including phenoxy) is 1. The smallest absolute Gasteiger partial charge is 0.241 e. The second-order valence-electron chi connectivity index (χ2n) is 4.29. The molecule has 0 aromatic carbocycles. The van der Waals surface area contributed by atoms with E-state index in [1.807, 2.05) is 7.05 Å². The van der Waals surface area contributed by atoms with Crippen molar-refractivity contribution >= 4 is 21.4 Å². The van der Waals surface area contributed by atoms with Gasteiger partial charge in [-0.15, -0.1) is 11.3 Å². The van der Waals surface area contributed by atoms with Gasteiger partial charge in [0.25, 0.3) is 0 Å². The van der Waals surface area contributed by atoms with Crippen LogP contribution in [-0.4, -0.2) is 34.7 Å². The molecule has 0 amide bonds. The quantitative estimate of drug-likeness (QED) is 0.846. The summed E-state index contributed by atoms with van der Waals surface area (Å²) < 4.78 is 32.3. The van der Waals surface area contributed by atoms with Gasteiger partial charge in [-0.2, -0.15) is 0 Å². The maximum Gasteiger partial charge on any atom is 0.241 e. The molecule has 2 rings (SSSR count). The highest BCUT2D eigenvalue weighted by molar-refractivity contribution is 7.89. The first-order valence-corrected chi connectivity index (χ1v) is 8.30. The predicted octanol–water partition coefficient (Wildman–Crippen LogP) is 0.925. The van der Waals surface area contributed by atoms with Gasteiger partial charge >= 0.3 is 0 Å². The maximum atomic E-state index is 12.2. The fourth-order valence-electron chi connectivity index (χ4n) is 1.87. The van der Waals surface area contributed by atoms with Gasteiger partial charge in [0.05, 0.1) is 4.90 Å². The van der Waals surface area contributed by atoms with Crippen LogP contribution in [-0.2, 0) is 21.3 Å². The normalized spacial score (nSPS) is 18.1. The van der Waals surface area contributed by atoms with Crippen molar-refractivity contribution in [1.29, 1.82) is 0 Å². The van der Waals surface area contributed by atoms with Crippen LogP contribution in [0.3, 0.4) is 0 Å². The van der Waals surface area contributed by atoms with Crippen LogP contribution in [0.25, 0.3) is 0 Å². The van der Waals surface area contributed by atoms with E-state index >= 15 is 0 Å². The van der Waals surface area contributed by atoms with E-state index in [4.69, 9.17) is 4.74 Å². The Labute approximate surface area is 112 Å². The summed E-state index contributed by atoms with van der Waals surface area (Å²) in [6.07, 6.45) is 1.49. The molecule has 0 saturated carbocycles. The van der Waals surface area contributed by atoms with Crippen molar-refractivity contribution < 1.29 is 13.2 Å². The van der Waals surface area contributed by atoms with E-state index in [9.17, 15) is 8.42 Å². The Balaban J connectivity index is 2.04. The van der Waals surface area contributed by atoms with Crippen molar-refractivity contribution in [3.05, 3.63) is 16.3 Å². The molecule has 1 fully saturated rings. The third-order valence-corrected chi connectivity index (χ3v) is 5.42. The summed E-state index contributed by atoms with van der Waals surface area (Å²) in [5.74, 6) is 0. The molecule has 0 atom stereocenters. The van der Waals surface area contributed by atoms with Crippen LogP contribution in [0.5, 0.6) is 0 Å². The third-order valence-electron chi connectivity index (χ3n) is 2.83. The lowest BCUT2D eigenvalue weighted by Gasteiger charge is -2.22. The Morgan fingerprint density at radius 3 is 2.83 bits per heavy atom. The Hall–Kier alpha value is -0.470. The number of hydrogen-bond acceptors (Lipinski definition) is 5. The molecule has 0 unspecified atom stereocenters. The summed E-state index contributed by atoms with van der Waals surface area (Å²) >= 11 is 1.46. The molecule has 0 spiro atoms. The Kier molecular flexibility index (Phi) is 4.74. The summed E-state index contributed by atoms with van der Waals surface area (Å²) in [5.41, 5.74) is 0. The minimum absolute atomic E-state index is 0.00333. The van der Waals surface area contributed by atoms with Crippen molar-refractivity contribution in [3.8, 4) is 0 Å². The first kappa shape index (κ1) is 14.0. The molecule has 1 aliphatic heterocycles. The number of nitrogens with one attached hydrogen (secondary N) is 2. The minimum Gasteiger partial charge on any atom is -0.381 e. The van der Waals surface area contributed by atoms with Gasteiger partial charge in [0.2, 0.25) is 10.0 Å². The van der Waals surface area contributed by atoms with E-state index in [0.717, 1.165) is 17.7 Å². The molecule has 1 aromatic rings. The van der Waals surface area contributed by atoms with Crippen LogP contribution in [0.15, 0.2) is 16.3 Å². The molecule has 2 N–H and O–H groups in total. The van der Waals surface area contributed by atoms with Crippen molar-refractivity contribution in [2.45, 2.75) is 30.3 Å². The molecule has 1 saturated heterocycles. The van der Waals surface area contributed by atoms with Crippen molar-refractivity contribution in [3.63, 3.8) is 0 Å². The second-order valence-corrected chi connectivity index (χ2v) is 7.00. The van der Waals surface area contributed by atoms with Gasteiger partial charge in [-0.25, -0.2) is 13.1 Å². The van der Waals surface area contributed by atoms with Crippen LogP contribution in [0.1, 0.15) is 17.7 Å². The lowest BCUT2D eigenvalue weighted by Crippen LogP contribution is -2.38. The van der Waals surface area contributed by atoms with Crippen LogP contribution in [0, 0.1) is 0 Å². The first-order valence-electron chi connectivity index (χ1n) is 5.94. The minimum atomic E-state index is -3.38. The molecule has 5 nitrogen and oxygen atoms in total. The molecule has 0 bridgehead atoms. The van der Waals surface area contributed by atoms with Crippen molar-refractivity contribution in [2.75, 3.05) is 20.3 Å². The monoisotopic (exact) mass is 290 g/mol. The van der Waals surface area contributed by atoms with Gasteiger partial charge in [0.1, 0.15) is 0 Å². The van der Waals surface area contributed by atoms with Gasteiger partial charge < -0.3 is 10.1 Å². The average molecular weight is 290 g/mol. The standard InChI is InChI=1S/C11H18N2O3S2/c1-12-7-10-6-11(8-17-10)18(14,15)13-9-2-4-16-5-3-9/h6,8-9,12-13H,2-5,7H2,1H3. The maximum absolute atomic E-state index is 12.2.